The van der Waals surface area contributed by atoms with E-state index in [0.717, 1.165) is 29.2 Å². The summed E-state index contributed by atoms with van der Waals surface area (Å²) in [5.41, 5.74) is 1.87. The van der Waals surface area contributed by atoms with E-state index in [2.05, 4.69) is 10.3 Å². The molecule has 0 aliphatic carbocycles. The lowest BCUT2D eigenvalue weighted by atomic mass is 10.2. The number of ether oxygens (including phenoxy) is 1. The highest BCUT2D eigenvalue weighted by Gasteiger charge is 2.08. The number of hydrogen-bond acceptors (Lipinski definition) is 5. The molecule has 1 amide bonds. The Morgan fingerprint density at radius 3 is 2.81 bits per heavy atom. The van der Waals surface area contributed by atoms with E-state index in [-0.39, 0.29) is 5.91 Å². The van der Waals surface area contributed by atoms with E-state index < -0.39 is 0 Å². The Labute approximate surface area is 132 Å². The van der Waals surface area contributed by atoms with E-state index in [4.69, 9.17) is 4.74 Å². The van der Waals surface area contributed by atoms with Gasteiger partial charge in [-0.15, -0.1) is 11.3 Å². The Hall–Kier alpha value is -1.53. The number of carbonyl (C=O) groups excluding carboxylic acids is 1. The van der Waals surface area contributed by atoms with Crippen molar-refractivity contribution in [3.63, 3.8) is 0 Å². The lowest BCUT2D eigenvalue weighted by Gasteiger charge is -2.01. The minimum absolute atomic E-state index is 0.0275. The van der Waals surface area contributed by atoms with E-state index in [1.54, 1.807) is 18.9 Å². The topological polar surface area (TPSA) is 51.2 Å². The third-order valence-electron chi connectivity index (χ3n) is 2.89. The van der Waals surface area contributed by atoms with E-state index in [9.17, 15) is 4.79 Å². The summed E-state index contributed by atoms with van der Waals surface area (Å²) in [5.74, 6) is 1.85. The Balaban J connectivity index is 1.95. The first-order valence-corrected chi connectivity index (χ1v) is 8.89. The molecular weight excluding hydrogens is 304 g/mol. The second kappa shape index (κ2) is 8.05. The van der Waals surface area contributed by atoms with Crippen molar-refractivity contribution in [2.24, 2.45) is 0 Å². The number of nitrogens with one attached hydrogen (secondary N) is 1. The third kappa shape index (κ3) is 4.75. The fraction of sp³-hybridized carbons (Fsp3) is 0.333. The Kier molecular flexibility index (Phi) is 6.07. The molecule has 0 aliphatic rings. The van der Waals surface area contributed by atoms with Gasteiger partial charge in [0.15, 0.2) is 5.13 Å². The second-order valence-corrected chi connectivity index (χ2v) is 6.25. The van der Waals surface area contributed by atoms with Gasteiger partial charge in [0.25, 0.3) is 0 Å². The average molecular weight is 322 g/mol. The molecule has 1 aromatic heterocycles. The molecule has 0 unspecified atom stereocenters. The minimum Gasteiger partial charge on any atom is -0.497 e. The van der Waals surface area contributed by atoms with Crippen molar-refractivity contribution in [3.05, 3.63) is 29.6 Å². The van der Waals surface area contributed by atoms with Crippen LogP contribution in [0.25, 0.3) is 11.3 Å². The molecule has 1 aromatic carbocycles. The van der Waals surface area contributed by atoms with Crippen LogP contribution in [0.4, 0.5) is 5.13 Å². The quantitative estimate of drug-likeness (QED) is 0.786. The molecule has 0 radical (unpaired) electrons. The molecule has 2 aromatic rings. The predicted molar refractivity (Wildman–Crippen MR) is 90.3 cm³/mol. The average Bonchev–Trinajstić information content (AvgIpc) is 2.96. The molecular formula is C15H18N2O2S2. The van der Waals surface area contributed by atoms with Gasteiger partial charge in [0.05, 0.1) is 12.8 Å². The van der Waals surface area contributed by atoms with E-state index in [1.807, 2.05) is 35.9 Å². The number of methoxy groups -OCH3 is 1. The molecule has 0 fully saturated rings. The molecule has 0 saturated carbocycles. The lowest BCUT2D eigenvalue weighted by Crippen LogP contribution is -2.11. The van der Waals surface area contributed by atoms with Gasteiger partial charge in [-0.25, -0.2) is 4.98 Å². The Morgan fingerprint density at radius 1 is 1.38 bits per heavy atom. The van der Waals surface area contributed by atoms with Gasteiger partial charge in [0.1, 0.15) is 5.75 Å². The van der Waals surface area contributed by atoms with Gasteiger partial charge in [0, 0.05) is 17.4 Å². The minimum atomic E-state index is 0.0275. The van der Waals surface area contributed by atoms with Crippen molar-refractivity contribution in [3.8, 4) is 17.0 Å². The zero-order valence-corrected chi connectivity index (χ0v) is 13.7. The highest BCUT2D eigenvalue weighted by molar-refractivity contribution is 7.98. The molecule has 0 aliphatic heterocycles. The standard InChI is InChI=1S/C15H18N2O2S2/c1-19-12-7-5-11(6-8-12)13-10-21-15(16-13)17-14(18)4-3-9-20-2/h5-8,10H,3-4,9H2,1-2H3,(H,16,17,18). The van der Waals surface area contributed by atoms with Crippen LogP contribution in [0.1, 0.15) is 12.8 Å². The Morgan fingerprint density at radius 2 is 2.14 bits per heavy atom. The maximum atomic E-state index is 11.7. The van der Waals surface area contributed by atoms with Crippen LogP contribution < -0.4 is 10.1 Å². The van der Waals surface area contributed by atoms with Gasteiger partial charge in [-0.3, -0.25) is 4.79 Å². The smallest absolute Gasteiger partial charge is 0.226 e. The number of anilines is 1. The van der Waals surface area contributed by atoms with Crippen molar-refractivity contribution in [1.82, 2.24) is 4.98 Å². The predicted octanol–water partition coefficient (Wildman–Crippen LogP) is 3.90. The van der Waals surface area contributed by atoms with Crippen molar-refractivity contribution < 1.29 is 9.53 Å². The summed E-state index contributed by atoms with van der Waals surface area (Å²) in [4.78, 5) is 16.2. The number of rotatable bonds is 7. The van der Waals surface area contributed by atoms with E-state index in [0.29, 0.717) is 11.6 Å². The molecule has 4 nitrogen and oxygen atoms in total. The van der Waals surface area contributed by atoms with Gasteiger partial charge in [-0.1, -0.05) is 0 Å². The number of thiazole rings is 1. The first kappa shape index (κ1) is 15.9. The lowest BCUT2D eigenvalue weighted by molar-refractivity contribution is -0.116. The summed E-state index contributed by atoms with van der Waals surface area (Å²) in [6.45, 7) is 0. The zero-order valence-electron chi connectivity index (χ0n) is 12.1. The van der Waals surface area contributed by atoms with Crippen molar-refractivity contribution in [2.45, 2.75) is 12.8 Å². The number of nitrogens with zero attached hydrogens (tertiary/aromatic N) is 1. The highest BCUT2D eigenvalue weighted by atomic mass is 32.2. The first-order valence-electron chi connectivity index (χ1n) is 6.61. The van der Waals surface area contributed by atoms with Crippen LogP contribution in [0.5, 0.6) is 5.75 Å². The van der Waals surface area contributed by atoms with Crippen LogP contribution >= 0.6 is 23.1 Å². The van der Waals surface area contributed by atoms with Gasteiger partial charge < -0.3 is 10.1 Å². The molecule has 2 rings (SSSR count). The van der Waals surface area contributed by atoms with Gasteiger partial charge >= 0.3 is 0 Å². The zero-order chi connectivity index (χ0) is 15.1. The largest absolute Gasteiger partial charge is 0.497 e. The summed E-state index contributed by atoms with van der Waals surface area (Å²) >= 11 is 3.19. The second-order valence-electron chi connectivity index (χ2n) is 4.41. The SMILES string of the molecule is COc1ccc(-c2csc(NC(=O)CCCSC)n2)cc1. The number of aromatic nitrogens is 1. The number of carbonyl (C=O) groups is 1. The van der Waals surface area contributed by atoms with Crippen LogP contribution in [-0.4, -0.2) is 30.0 Å². The third-order valence-corrected chi connectivity index (χ3v) is 4.34. The molecule has 1 N–H and O–H groups in total. The molecule has 0 saturated heterocycles. The van der Waals surface area contributed by atoms with Crippen molar-refractivity contribution in [1.29, 1.82) is 0 Å². The fourth-order valence-electron chi connectivity index (χ4n) is 1.78. The number of hydrogen-bond donors (Lipinski definition) is 1. The monoisotopic (exact) mass is 322 g/mol. The highest BCUT2D eigenvalue weighted by Crippen LogP contribution is 2.26. The van der Waals surface area contributed by atoms with Crippen LogP contribution in [0.15, 0.2) is 29.6 Å². The fourth-order valence-corrected chi connectivity index (χ4v) is 2.95. The van der Waals surface area contributed by atoms with E-state index in [1.165, 1.54) is 11.3 Å². The normalized spacial score (nSPS) is 10.4. The maximum absolute atomic E-state index is 11.7. The van der Waals surface area contributed by atoms with Crippen molar-refractivity contribution >= 4 is 34.1 Å². The molecule has 21 heavy (non-hydrogen) atoms. The van der Waals surface area contributed by atoms with Crippen LogP contribution in [0, 0.1) is 0 Å². The summed E-state index contributed by atoms with van der Waals surface area (Å²) in [7, 11) is 1.64. The maximum Gasteiger partial charge on any atom is 0.226 e. The summed E-state index contributed by atoms with van der Waals surface area (Å²) in [6, 6.07) is 7.71. The van der Waals surface area contributed by atoms with Crippen LogP contribution in [0.2, 0.25) is 0 Å². The van der Waals surface area contributed by atoms with Gasteiger partial charge in [0.2, 0.25) is 5.91 Å². The number of benzene rings is 1. The molecule has 0 atom stereocenters. The molecule has 6 heteroatoms. The first-order chi connectivity index (χ1) is 10.2. The van der Waals surface area contributed by atoms with Crippen LogP contribution in [0.3, 0.4) is 0 Å². The molecule has 112 valence electrons. The number of amides is 1. The summed E-state index contributed by atoms with van der Waals surface area (Å²) < 4.78 is 5.13. The Bertz CT molecular complexity index is 582. The van der Waals surface area contributed by atoms with E-state index >= 15 is 0 Å². The van der Waals surface area contributed by atoms with Gasteiger partial charge in [-0.05, 0) is 42.7 Å². The molecule has 0 bridgehead atoms. The summed E-state index contributed by atoms with van der Waals surface area (Å²) in [6.07, 6.45) is 3.47. The summed E-state index contributed by atoms with van der Waals surface area (Å²) in [5, 5.41) is 5.44. The number of thioether (sulfide) groups is 1. The van der Waals surface area contributed by atoms with Gasteiger partial charge in [-0.2, -0.15) is 11.8 Å². The van der Waals surface area contributed by atoms with Crippen molar-refractivity contribution in [2.75, 3.05) is 24.4 Å². The molecule has 1 heterocycles. The molecule has 0 spiro atoms. The van der Waals surface area contributed by atoms with Crippen LogP contribution in [-0.2, 0) is 4.79 Å².